The van der Waals surface area contributed by atoms with Crippen molar-refractivity contribution < 1.29 is 22.7 Å². The summed E-state index contributed by atoms with van der Waals surface area (Å²) < 4.78 is 35.3. The van der Waals surface area contributed by atoms with Crippen LogP contribution in [0.4, 0.5) is 5.69 Å². The molecule has 0 saturated carbocycles. The summed E-state index contributed by atoms with van der Waals surface area (Å²) in [6.45, 7) is 0.266. The Hall–Kier alpha value is -2.74. The fourth-order valence-corrected chi connectivity index (χ4v) is 2.84. The van der Waals surface area contributed by atoms with Gasteiger partial charge in [0.1, 0.15) is 0 Å². The Morgan fingerprint density at radius 1 is 1.04 bits per heavy atom. The Balaban J connectivity index is 2.06. The molecule has 2 rings (SSSR count). The molecule has 0 spiro atoms. The number of carbonyl (C=O) groups excluding carboxylic acids is 1. The van der Waals surface area contributed by atoms with Crippen molar-refractivity contribution in [3.05, 3.63) is 53.6 Å². The molecule has 7 nitrogen and oxygen atoms in total. The second-order valence-corrected chi connectivity index (χ2v) is 7.04. The van der Waals surface area contributed by atoms with E-state index in [1.54, 1.807) is 25.3 Å². The summed E-state index contributed by atoms with van der Waals surface area (Å²) in [5.41, 5.74) is 1.60. The number of ether oxygens (including phenoxy) is 2. The van der Waals surface area contributed by atoms with E-state index < -0.39 is 10.0 Å². The molecule has 0 aliphatic carbocycles. The number of carbonyl (C=O) groups is 1. The molecule has 0 aromatic heterocycles. The number of methoxy groups -OCH3 is 2. The van der Waals surface area contributed by atoms with Crippen LogP contribution in [-0.2, 0) is 16.6 Å². The monoisotopic (exact) mass is 364 g/mol. The number of hydrogen-bond acceptors (Lipinski definition) is 5. The molecule has 0 radical (unpaired) electrons. The zero-order valence-corrected chi connectivity index (χ0v) is 15.0. The molecule has 0 fully saturated rings. The van der Waals surface area contributed by atoms with E-state index in [1.807, 2.05) is 12.1 Å². The zero-order chi connectivity index (χ0) is 18.4. The number of rotatable bonds is 7. The summed E-state index contributed by atoms with van der Waals surface area (Å²) in [7, 11) is -0.261. The van der Waals surface area contributed by atoms with E-state index in [1.165, 1.54) is 19.2 Å². The second kappa shape index (κ2) is 7.89. The smallest absolute Gasteiger partial charge is 0.251 e. The third-order valence-corrected chi connectivity index (χ3v) is 3.98. The van der Waals surface area contributed by atoms with Crippen molar-refractivity contribution in [2.45, 2.75) is 6.54 Å². The van der Waals surface area contributed by atoms with E-state index in [0.717, 1.165) is 11.8 Å². The fourth-order valence-electron chi connectivity index (χ4n) is 2.27. The maximum Gasteiger partial charge on any atom is 0.251 e. The number of nitrogens with one attached hydrogen (secondary N) is 2. The van der Waals surface area contributed by atoms with Crippen molar-refractivity contribution in [2.24, 2.45) is 0 Å². The van der Waals surface area contributed by atoms with Crippen LogP contribution >= 0.6 is 0 Å². The van der Waals surface area contributed by atoms with E-state index in [9.17, 15) is 13.2 Å². The first-order valence-corrected chi connectivity index (χ1v) is 9.29. The van der Waals surface area contributed by atoms with Gasteiger partial charge in [-0.2, -0.15) is 0 Å². The Morgan fingerprint density at radius 3 is 2.28 bits per heavy atom. The summed E-state index contributed by atoms with van der Waals surface area (Å²) in [6.07, 6.45) is 1.06. The molecule has 0 aliphatic heterocycles. The molecule has 8 heteroatoms. The average Bonchev–Trinajstić information content (AvgIpc) is 2.58. The molecule has 1 amide bonds. The molecule has 25 heavy (non-hydrogen) atoms. The molecule has 0 aliphatic rings. The molecule has 0 saturated heterocycles. The SMILES string of the molecule is COc1cccc(CNC(=O)c2ccc(NS(C)(=O)=O)cc2)c1OC. The van der Waals surface area contributed by atoms with E-state index in [4.69, 9.17) is 9.47 Å². The van der Waals surface area contributed by atoms with Crippen LogP contribution in [0.5, 0.6) is 11.5 Å². The standard InChI is InChI=1S/C17H20N2O5S/c1-23-15-6-4-5-13(16(15)24-2)11-18-17(20)12-7-9-14(10-8-12)19-25(3,21)22/h4-10,19H,11H2,1-3H3,(H,18,20). The largest absolute Gasteiger partial charge is 0.493 e. The van der Waals surface area contributed by atoms with Gasteiger partial charge in [0.25, 0.3) is 5.91 Å². The summed E-state index contributed by atoms with van der Waals surface area (Å²) in [5, 5.41) is 2.80. The minimum absolute atomic E-state index is 0.266. The quantitative estimate of drug-likeness (QED) is 0.784. The van der Waals surface area contributed by atoms with Crippen molar-refractivity contribution in [1.82, 2.24) is 5.32 Å². The Morgan fingerprint density at radius 2 is 1.72 bits per heavy atom. The molecule has 2 N–H and O–H groups in total. The van der Waals surface area contributed by atoms with Crippen LogP contribution in [0.25, 0.3) is 0 Å². The van der Waals surface area contributed by atoms with Gasteiger partial charge in [-0.1, -0.05) is 12.1 Å². The Kier molecular flexibility index (Phi) is 5.87. The van der Waals surface area contributed by atoms with Crippen LogP contribution in [0.2, 0.25) is 0 Å². The van der Waals surface area contributed by atoms with Crippen LogP contribution in [0.15, 0.2) is 42.5 Å². The van der Waals surface area contributed by atoms with Gasteiger partial charge in [-0.05, 0) is 30.3 Å². The molecular weight excluding hydrogens is 344 g/mol. The van der Waals surface area contributed by atoms with Gasteiger partial charge >= 0.3 is 0 Å². The molecule has 0 atom stereocenters. The van der Waals surface area contributed by atoms with Gasteiger partial charge < -0.3 is 14.8 Å². The number of hydrogen-bond donors (Lipinski definition) is 2. The molecule has 2 aromatic carbocycles. The summed E-state index contributed by atoms with van der Waals surface area (Å²) >= 11 is 0. The molecule has 0 unspecified atom stereocenters. The second-order valence-electron chi connectivity index (χ2n) is 5.29. The van der Waals surface area contributed by atoms with Gasteiger partial charge in [-0.15, -0.1) is 0 Å². The van der Waals surface area contributed by atoms with Gasteiger partial charge in [0, 0.05) is 23.4 Å². The highest BCUT2D eigenvalue weighted by atomic mass is 32.2. The summed E-state index contributed by atoms with van der Waals surface area (Å²) in [6, 6.07) is 11.6. The van der Waals surface area contributed by atoms with E-state index >= 15 is 0 Å². The van der Waals surface area contributed by atoms with Gasteiger partial charge in [0.05, 0.1) is 20.5 Å². The lowest BCUT2D eigenvalue weighted by molar-refractivity contribution is 0.0950. The van der Waals surface area contributed by atoms with Gasteiger partial charge in [-0.25, -0.2) is 8.42 Å². The zero-order valence-electron chi connectivity index (χ0n) is 14.2. The number of amides is 1. The van der Waals surface area contributed by atoms with Crippen LogP contribution in [0.1, 0.15) is 15.9 Å². The Labute approximate surface area is 147 Å². The first kappa shape index (κ1) is 18.6. The molecule has 134 valence electrons. The van der Waals surface area contributed by atoms with Gasteiger partial charge in [0.15, 0.2) is 11.5 Å². The fraction of sp³-hybridized carbons (Fsp3) is 0.235. The molecular formula is C17H20N2O5S. The number of para-hydroxylation sites is 1. The van der Waals surface area contributed by atoms with Crippen molar-refractivity contribution in [2.75, 3.05) is 25.2 Å². The minimum atomic E-state index is -3.35. The lowest BCUT2D eigenvalue weighted by Gasteiger charge is -2.13. The maximum atomic E-state index is 12.2. The number of sulfonamides is 1. The lowest BCUT2D eigenvalue weighted by atomic mass is 10.1. The normalized spacial score (nSPS) is 10.8. The molecule has 0 heterocycles. The van der Waals surface area contributed by atoms with E-state index in [-0.39, 0.29) is 12.5 Å². The predicted molar refractivity (Wildman–Crippen MR) is 95.6 cm³/mol. The predicted octanol–water partition coefficient (Wildman–Crippen LogP) is 2.01. The minimum Gasteiger partial charge on any atom is -0.493 e. The van der Waals surface area contributed by atoms with Crippen LogP contribution in [-0.4, -0.2) is 34.8 Å². The first-order valence-electron chi connectivity index (χ1n) is 7.40. The van der Waals surface area contributed by atoms with Crippen LogP contribution in [0, 0.1) is 0 Å². The summed E-state index contributed by atoms with van der Waals surface area (Å²) in [4.78, 5) is 12.2. The third-order valence-electron chi connectivity index (χ3n) is 3.37. The van der Waals surface area contributed by atoms with Gasteiger partial charge in [0.2, 0.25) is 10.0 Å². The highest BCUT2D eigenvalue weighted by molar-refractivity contribution is 7.92. The van der Waals surface area contributed by atoms with Crippen molar-refractivity contribution in [1.29, 1.82) is 0 Å². The molecule has 2 aromatic rings. The highest BCUT2D eigenvalue weighted by Gasteiger charge is 2.12. The summed E-state index contributed by atoms with van der Waals surface area (Å²) in [5.74, 6) is 0.874. The molecule has 0 bridgehead atoms. The topological polar surface area (TPSA) is 93.7 Å². The third kappa shape index (κ3) is 5.12. The van der Waals surface area contributed by atoms with Gasteiger partial charge in [-0.3, -0.25) is 9.52 Å². The number of benzene rings is 2. The number of anilines is 1. The Bertz CT molecular complexity index is 848. The lowest BCUT2D eigenvalue weighted by Crippen LogP contribution is -2.23. The van der Waals surface area contributed by atoms with E-state index in [0.29, 0.717) is 22.7 Å². The van der Waals surface area contributed by atoms with Crippen LogP contribution in [0.3, 0.4) is 0 Å². The highest BCUT2D eigenvalue weighted by Crippen LogP contribution is 2.30. The first-order chi connectivity index (χ1) is 11.8. The average molecular weight is 364 g/mol. The van der Waals surface area contributed by atoms with Crippen molar-refractivity contribution >= 4 is 21.6 Å². The van der Waals surface area contributed by atoms with Crippen LogP contribution < -0.4 is 19.5 Å². The van der Waals surface area contributed by atoms with Crippen molar-refractivity contribution in [3.8, 4) is 11.5 Å². The maximum absolute atomic E-state index is 12.2. The van der Waals surface area contributed by atoms with Crippen molar-refractivity contribution in [3.63, 3.8) is 0 Å². The van der Waals surface area contributed by atoms with E-state index in [2.05, 4.69) is 10.0 Å².